The second kappa shape index (κ2) is 6.09. The lowest BCUT2D eigenvalue weighted by molar-refractivity contribution is 0.494. The summed E-state index contributed by atoms with van der Waals surface area (Å²) in [6.07, 6.45) is 2.05. The van der Waals surface area contributed by atoms with Gasteiger partial charge < -0.3 is 9.73 Å². The van der Waals surface area contributed by atoms with Crippen LogP contribution in [0.15, 0.2) is 42.2 Å². The van der Waals surface area contributed by atoms with Crippen molar-refractivity contribution in [3.05, 3.63) is 39.2 Å². The van der Waals surface area contributed by atoms with Gasteiger partial charge in [0, 0.05) is 5.69 Å². The van der Waals surface area contributed by atoms with Crippen molar-refractivity contribution in [1.82, 2.24) is 4.98 Å². The van der Waals surface area contributed by atoms with Crippen LogP contribution in [-0.2, 0) is 6.54 Å². The Morgan fingerprint density at radius 3 is 2.90 bits per heavy atom. The zero-order valence-electron chi connectivity index (χ0n) is 10.4. The Labute approximate surface area is 141 Å². The fourth-order valence-corrected chi connectivity index (χ4v) is 3.96. The highest BCUT2D eigenvalue weighted by Gasteiger charge is 2.07. The van der Waals surface area contributed by atoms with Crippen molar-refractivity contribution < 1.29 is 4.42 Å². The number of nitrogens with one attached hydrogen (secondary N) is 1. The Morgan fingerprint density at radius 2 is 2.20 bits per heavy atom. The third-order valence-corrected chi connectivity index (χ3v) is 6.42. The maximum absolute atomic E-state index is 5.54. The molecule has 7 heteroatoms. The smallest absolute Gasteiger partial charge is 0.183 e. The second-order valence-electron chi connectivity index (χ2n) is 4.05. The number of furan rings is 1. The highest BCUT2D eigenvalue weighted by Crippen LogP contribution is 2.31. The molecule has 0 atom stereocenters. The van der Waals surface area contributed by atoms with Crippen molar-refractivity contribution in [2.75, 3.05) is 11.6 Å². The summed E-state index contributed by atoms with van der Waals surface area (Å²) in [5.74, 6) is 0.873. The fourth-order valence-electron chi connectivity index (χ4n) is 1.77. The van der Waals surface area contributed by atoms with Crippen LogP contribution in [0.4, 0.5) is 5.69 Å². The van der Waals surface area contributed by atoms with Gasteiger partial charge in [0.25, 0.3) is 0 Å². The van der Waals surface area contributed by atoms with E-state index in [1.165, 1.54) is 4.70 Å². The van der Waals surface area contributed by atoms with Crippen LogP contribution in [-0.4, -0.2) is 11.2 Å². The topological polar surface area (TPSA) is 38.1 Å². The van der Waals surface area contributed by atoms with Crippen LogP contribution >= 0.6 is 55.0 Å². The van der Waals surface area contributed by atoms with E-state index in [-0.39, 0.29) is 0 Å². The van der Waals surface area contributed by atoms with Crippen LogP contribution in [0.2, 0.25) is 0 Å². The normalized spacial score (nSPS) is 11.2. The van der Waals surface area contributed by atoms with Gasteiger partial charge in [0.1, 0.15) is 5.76 Å². The molecule has 3 nitrogen and oxygen atoms in total. The van der Waals surface area contributed by atoms with Gasteiger partial charge >= 0.3 is 0 Å². The molecule has 0 spiro atoms. The van der Waals surface area contributed by atoms with Crippen molar-refractivity contribution in [1.29, 1.82) is 0 Å². The molecule has 104 valence electrons. The molecule has 2 heterocycles. The summed E-state index contributed by atoms with van der Waals surface area (Å²) in [6, 6.07) is 8.16. The van der Waals surface area contributed by atoms with Gasteiger partial charge in [-0.3, -0.25) is 0 Å². The largest absolute Gasteiger partial charge is 0.451 e. The van der Waals surface area contributed by atoms with Gasteiger partial charge in [-0.1, -0.05) is 11.8 Å². The molecule has 0 aliphatic heterocycles. The first-order chi connectivity index (χ1) is 9.65. The van der Waals surface area contributed by atoms with E-state index in [0.29, 0.717) is 6.54 Å². The number of anilines is 1. The van der Waals surface area contributed by atoms with Crippen LogP contribution in [0.25, 0.3) is 10.2 Å². The van der Waals surface area contributed by atoms with Gasteiger partial charge in [0.2, 0.25) is 0 Å². The number of fused-ring (bicyclic) bond motifs is 1. The van der Waals surface area contributed by atoms with E-state index in [0.717, 1.165) is 30.4 Å². The van der Waals surface area contributed by atoms with E-state index < -0.39 is 0 Å². The predicted molar refractivity (Wildman–Crippen MR) is 92.8 cm³/mol. The van der Waals surface area contributed by atoms with Crippen LogP contribution in [0.5, 0.6) is 0 Å². The van der Waals surface area contributed by atoms with E-state index in [9.17, 15) is 0 Å². The Bertz CT molecular complexity index is 734. The molecule has 0 unspecified atom stereocenters. The molecule has 1 N–H and O–H groups in total. The molecule has 0 bridgehead atoms. The van der Waals surface area contributed by atoms with Gasteiger partial charge in [-0.25, -0.2) is 4.98 Å². The summed E-state index contributed by atoms with van der Waals surface area (Å²) in [5.41, 5.74) is 2.12. The monoisotopic (exact) mass is 432 g/mol. The average molecular weight is 434 g/mol. The number of thioether (sulfide) groups is 1. The molecule has 0 aliphatic carbocycles. The summed E-state index contributed by atoms with van der Waals surface area (Å²) < 4.78 is 9.48. The molecule has 0 saturated carbocycles. The molecule has 3 rings (SSSR count). The molecule has 2 aromatic heterocycles. The highest BCUT2D eigenvalue weighted by atomic mass is 79.9. The third-order valence-electron chi connectivity index (χ3n) is 2.71. The summed E-state index contributed by atoms with van der Waals surface area (Å²) in [5, 5.41) is 3.36. The van der Waals surface area contributed by atoms with Gasteiger partial charge in [0.15, 0.2) is 9.01 Å². The summed E-state index contributed by atoms with van der Waals surface area (Å²) in [7, 11) is 0. The second-order valence-corrected chi connectivity index (χ2v) is 7.71. The van der Waals surface area contributed by atoms with Gasteiger partial charge in [-0.15, -0.1) is 11.3 Å². The Kier molecular flexibility index (Phi) is 4.40. The molecular weight excluding hydrogens is 424 g/mol. The minimum Gasteiger partial charge on any atom is -0.451 e. The molecule has 0 saturated heterocycles. The lowest BCUT2D eigenvalue weighted by atomic mass is 10.3. The zero-order valence-corrected chi connectivity index (χ0v) is 15.2. The lowest BCUT2D eigenvalue weighted by Crippen LogP contribution is -1.97. The maximum atomic E-state index is 5.54. The Balaban J connectivity index is 1.76. The third kappa shape index (κ3) is 3.05. The average Bonchev–Trinajstić information content (AvgIpc) is 2.99. The van der Waals surface area contributed by atoms with E-state index in [1.807, 2.05) is 24.5 Å². The predicted octanol–water partition coefficient (Wildman–Crippen LogP) is 5.75. The molecule has 0 aliphatic rings. The van der Waals surface area contributed by atoms with Crippen molar-refractivity contribution >= 4 is 70.9 Å². The fraction of sp³-hybridized carbons (Fsp3) is 0.154. The number of rotatable bonds is 4. The molecule has 0 amide bonds. The highest BCUT2D eigenvalue weighted by molar-refractivity contribution is 9.13. The molecular formula is C13H10Br2N2OS2. The van der Waals surface area contributed by atoms with Gasteiger partial charge in [-0.05, 0) is 62.4 Å². The number of benzene rings is 1. The maximum Gasteiger partial charge on any atom is 0.183 e. The van der Waals surface area contributed by atoms with Crippen LogP contribution in [0, 0.1) is 0 Å². The van der Waals surface area contributed by atoms with Crippen molar-refractivity contribution in [2.24, 2.45) is 0 Å². The quantitative estimate of drug-likeness (QED) is 0.531. The number of halogens is 2. The Morgan fingerprint density at radius 1 is 1.35 bits per heavy atom. The van der Waals surface area contributed by atoms with Gasteiger partial charge in [0.05, 0.1) is 21.2 Å². The van der Waals surface area contributed by atoms with Crippen molar-refractivity contribution in [2.45, 2.75) is 10.9 Å². The molecule has 20 heavy (non-hydrogen) atoms. The molecule has 0 fully saturated rings. The number of thiazole rings is 1. The minimum atomic E-state index is 0.643. The number of nitrogens with zero attached hydrogens (tertiary/aromatic N) is 1. The first-order valence-corrected chi connectivity index (χ1v) is 9.40. The lowest BCUT2D eigenvalue weighted by Gasteiger charge is -2.03. The SMILES string of the molecule is CSc1nc2ccc(NCc3cc(Br)c(Br)o3)cc2s1. The van der Waals surface area contributed by atoms with Crippen molar-refractivity contribution in [3.8, 4) is 0 Å². The summed E-state index contributed by atoms with van der Waals surface area (Å²) in [4.78, 5) is 4.53. The Hall–Kier alpha value is -0.500. The number of hydrogen-bond acceptors (Lipinski definition) is 5. The molecule has 3 aromatic rings. The number of aromatic nitrogens is 1. The first-order valence-electron chi connectivity index (χ1n) is 5.78. The van der Waals surface area contributed by atoms with Crippen LogP contribution in [0.1, 0.15) is 5.76 Å². The van der Waals surface area contributed by atoms with Gasteiger partial charge in [-0.2, -0.15) is 0 Å². The minimum absolute atomic E-state index is 0.643. The van der Waals surface area contributed by atoms with E-state index >= 15 is 0 Å². The molecule has 0 radical (unpaired) electrons. The van der Waals surface area contributed by atoms with E-state index in [4.69, 9.17) is 4.42 Å². The van der Waals surface area contributed by atoms with E-state index in [1.54, 1.807) is 23.1 Å². The van der Waals surface area contributed by atoms with E-state index in [2.05, 4.69) is 48.2 Å². The number of hydrogen-bond donors (Lipinski definition) is 1. The standard InChI is InChI=1S/C13H10Br2N2OS2/c1-19-13-17-10-3-2-7(4-11(10)20-13)16-6-8-5-9(14)12(15)18-8/h2-5,16H,6H2,1H3. The first kappa shape index (κ1) is 14.4. The summed E-state index contributed by atoms with van der Waals surface area (Å²) in [6.45, 7) is 0.643. The summed E-state index contributed by atoms with van der Waals surface area (Å²) >= 11 is 10.1. The van der Waals surface area contributed by atoms with Crippen molar-refractivity contribution in [3.63, 3.8) is 0 Å². The molecule has 1 aromatic carbocycles. The van der Waals surface area contributed by atoms with Crippen LogP contribution < -0.4 is 5.32 Å². The zero-order chi connectivity index (χ0) is 14.1. The van der Waals surface area contributed by atoms with Crippen LogP contribution in [0.3, 0.4) is 0 Å².